The Labute approximate surface area is 288 Å². The highest BCUT2D eigenvalue weighted by molar-refractivity contribution is 7.99. The maximum Gasteiger partial charge on any atom is 0.257 e. The number of rotatable bonds is 11. The molecule has 0 saturated carbocycles. The van der Waals surface area contributed by atoms with E-state index < -0.39 is 0 Å². The van der Waals surface area contributed by atoms with Crippen LogP contribution in [-0.4, -0.2) is 62.5 Å². The van der Waals surface area contributed by atoms with Crippen molar-refractivity contribution in [1.82, 2.24) is 44.9 Å². The Morgan fingerprint density at radius 3 is 2.45 bits per heavy atom. The number of aromatic nitrogens is 9. The van der Waals surface area contributed by atoms with Gasteiger partial charge in [-0.25, -0.2) is 9.67 Å². The number of thioether (sulfide) groups is 1. The summed E-state index contributed by atoms with van der Waals surface area (Å²) < 4.78 is 3.50. The molecule has 0 aliphatic carbocycles. The van der Waals surface area contributed by atoms with Crippen LogP contribution >= 0.6 is 23.1 Å². The highest BCUT2D eigenvalue weighted by atomic mass is 32.2. The third-order valence-electron chi connectivity index (χ3n) is 7.42. The average molecular weight is 686 g/mol. The van der Waals surface area contributed by atoms with Gasteiger partial charge < -0.3 is 5.32 Å². The molecule has 0 aliphatic heterocycles. The van der Waals surface area contributed by atoms with Crippen molar-refractivity contribution in [2.24, 2.45) is 0 Å². The van der Waals surface area contributed by atoms with Crippen molar-refractivity contribution in [1.29, 1.82) is 0 Å². The van der Waals surface area contributed by atoms with Gasteiger partial charge in [-0.05, 0) is 83.1 Å². The molecule has 0 fully saturated rings. The van der Waals surface area contributed by atoms with Crippen LogP contribution in [0.2, 0.25) is 0 Å². The summed E-state index contributed by atoms with van der Waals surface area (Å²) in [7, 11) is 0. The molecule has 0 radical (unpaired) electrons. The number of nitrogens with one attached hydrogen (secondary N) is 2. The molecule has 2 amide bonds. The first-order valence-electron chi connectivity index (χ1n) is 15.1. The molecule has 4 heterocycles. The second-order valence-corrected chi connectivity index (χ2v) is 12.4. The Bertz CT molecular complexity index is 2200. The summed E-state index contributed by atoms with van der Waals surface area (Å²) in [6.45, 7) is 2.11. The van der Waals surface area contributed by atoms with Crippen molar-refractivity contribution in [3.05, 3.63) is 120 Å². The predicted octanol–water partition coefficient (Wildman–Crippen LogP) is 5.97. The van der Waals surface area contributed by atoms with Crippen molar-refractivity contribution >= 4 is 45.7 Å². The Kier molecular flexibility index (Phi) is 9.25. The van der Waals surface area contributed by atoms with E-state index in [2.05, 4.69) is 65.4 Å². The lowest BCUT2D eigenvalue weighted by Gasteiger charge is -2.11. The van der Waals surface area contributed by atoms with E-state index in [0.29, 0.717) is 33.1 Å². The van der Waals surface area contributed by atoms with Crippen molar-refractivity contribution < 1.29 is 9.59 Å². The lowest BCUT2D eigenvalue weighted by Crippen LogP contribution is -2.15. The number of pyridine rings is 1. The first kappa shape index (κ1) is 31.5. The standard InChI is InChI=1S/C34H27N11O2S2/c1-2-22-6-12-27(13-7-22)45-31(23-14-16-35-17-15-23)40-41-34(45)49-20-30(46)37-26-10-8-24(9-11-26)32(47)39-33-38-29(19-48-33)25-4-3-5-28(18-25)44-21-36-42-43-44/h3-19,21H,2,20H2,1H3,(H,37,46)(H,38,39,47). The second-order valence-electron chi connectivity index (χ2n) is 10.6. The summed E-state index contributed by atoms with van der Waals surface area (Å²) in [6.07, 6.45) is 5.87. The molecule has 13 nitrogen and oxygen atoms in total. The highest BCUT2D eigenvalue weighted by Crippen LogP contribution is 2.29. The van der Waals surface area contributed by atoms with Gasteiger partial charge in [-0.2, -0.15) is 0 Å². The summed E-state index contributed by atoms with van der Waals surface area (Å²) in [5.41, 5.74) is 6.35. The fourth-order valence-electron chi connectivity index (χ4n) is 4.92. The van der Waals surface area contributed by atoms with Crippen LogP contribution in [0.25, 0.3) is 34.0 Å². The number of benzene rings is 3. The molecule has 242 valence electrons. The number of nitrogens with zero attached hydrogens (tertiary/aromatic N) is 9. The van der Waals surface area contributed by atoms with E-state index in [1.165, 1.54) is 35.0 Å². The van der Waals surface area contributed by atoms with Crippen LogP contribution in [0, 0.1) is 0 Å². The molecule has 3 aromatic carbocycles. The molecule has 2 N–H and O–H groups in total. The van der Waals surface area contributed by atoms with Crippen molar-refractivity contribution in [2.45, 2.75) is 18.5 Å². The number of carbonyl (C=O) groups is 2. The lowest BCUT2D eigenvalue weighted by atomic mass is 10.1. The third kappa shape index (κ3) is 7.27. The zero-order chi connectivity index (χ0) is 33.6. The molecule has 7 rings (SSSR count). The van der Waals surface area contributed by atoms with E-state index in [-0.39, 0.29) is 17.6 Å². The molecular weight excluding hydrogens is 659 g/mol. The fourth-order valence-corrected chi connectivity index (χ4v) is 6.38. The molecule has 49 heavy (non-hydrogen) atoms. The van der Waals surface area contributed by atoms with E-state index in [1.54, 1.807) is 41.3 Å². The summed E-state index contributed by atoms with van der Waals surface area (Å²) in [4.78, 5) is 34.6. The van der Waals surface area contributed by atoms with Gasteiger partial charge in [0.2, 0.25) is 5.91 Å². The lowest BCUT2D eigenvalue weighted by molar-refractivity contribution is -0.113. The van der Waals surface area contributed by atoms with Gasteiger partial charge in [0.15, 0.2) is 16.1 Å². The first-order chi connectivity index (χ1) is 24.0. The van der Waals surface area contributed by atoms with Gasteiger partial charge in [0.25, 0.3) is 5.91 Å². The van der Waals surface area contributed by atoms with Crippen molar-refractivity contribution in [3.63, 3.8) is 0 Å². The van der Waals surface area contributed by atoms with Crippen LogP contribution in [-0.2, 0) is 11.2 Å². The van der Waals surface area contributed by atoms with Crippen LogP contribution < -0.4 is 10.6 Å². The average Bonchev–Trinajstić information content (AvgIpc) is 3.94. The minimum Gasteiger partial charge on any atom is -0.325 e. The van der Waals surface area contributed by atoms with Crippen LogP contribution in [0.15, 0.2) is 114 Å². The summed E-state index contributed by atoms with van der Waals surface area (Å²) in [5, 5.41) is 28.8. The molecule has 0 saturated heterocycles. The quantitative estimate of drug-likeness (QED) is 0.155. The van der Waals surface area contributed by atoms with Crippen molar-refractivity contribution in [2.75, 3.05) is 16.4 Å². The molecule has 0 atom stereocenters. The van der Waals surface area contributed by atoms with Crippen LogP contribution in [0.1, 0.15) is 22.8 Å². The third-order valence-corrected chi connectivity index (χ3v) is 9.10. The number of anilines is 2. The molecule has 0 bridgehead atoms. The summed E-state index contributed by atoms with van der Waals surface area (Å²) >= 11 is 2.61. The Morgan fingerprint density at radius 1 is 0.878 bits per heavy atom. The Morgan fingerprint density at radius 2 is 1.69 bits per heavy atom. The largest absolute Gasteiger partial charge is 0.325 e. The van der Waals surface area contributed by atoms with Gasteiger partial charge in [-0.3, -0.25) is 24.5 Å². The van der Waals surface area contributed by atoms with Gasteiger partial charge in [0.05, 0.1) is 17.1 Å². The zero-order valence-electron chi connectivity index (χ0n) is 26.0. The molecule has 0 aliphatic rings. The number of amides is 2. The van der Waals surface area contributed by atoms with E-state index in [4.69, 9.17) is 0 Å². The van der Waals surface area contributed by atoms with Crippen molar-refractivity contribution in [3.8, 4) is 34.0 Å². The maximum atomic E-state index is 13.0. The SMILES string of the molecule is CCc1ccc(-n2c(SCC(=O)Nc3ccc(C(=O)Nc4nc(-c5cccc(-n6cnnn6)c5)cs4)cc3)nnc2-c2ccncc2)cc1. The number of hydrogen-bond acceptors (Lipinski definition) is 11. The topological polar surface area (TPSA) is 158 Å². The molecule has 15 heteroatoms. The van der Waals surface area contributed by atoms with E-state index >= 15 is 0 Å². The smallest absolute Gasteiger partial charge is 0.257 e. The van der Waals surface area contributed by atoms with Gasteiger partial charge in [0.1, 0.15) is 6.33 Å². The minimum atomic E-state index is -0.312. The zero-order valence-corrected chi connectivity index (χ0v) is 27.6. The fraction of sp³-hybridized carbons (Fsp3) is 0.0882. The van der Waals surface area contributed by atoms with E-state index in [0.717, 1.165) is 28.9 Å². The van der Waals surface area contributed by atoms with Gasteiger partial charge >= 0.3 is 0 Å². The number of aryl methyl sites for hydroxylation is 1. The monoisotopic (exact) mass is 685 g/mol. The van der Waals surface area contributed by atoms with Crippen LogP contribution in [0.4, 0.5) is 10.8 Å². The minimum absolute atomic E-state index is 0.106. The van der Waals surface area contributed by atoms with Crippen LogP contribution in [0.5, 0.6) is 0 Å². The molecule has 0 spiro atoms. The van der Waals surface area contributed by atoms with Gasteiger partial charge in [0, 0.05) is 45.8 Å². The van der Waals surface area contributed by atoms with Crippen LogP contribution in [0.3, 0.4) is 0 Å². The van der Waals surface area contributed by atoms with E-state index in [1.807, 2.05) is 58.5 Å². The summed E-state index contributed by atoms with van der Waals surface area (Å²) in [5.74, 6) is 0.234. The molecule has 0 unspecified atom stereocenters. The Balaban J connectivity index is 0.974. The Hall–Kier alpha value is -6.06. The number of thiazole rings is 1. The highest BCUT2D eigenvalue weighted by Gasteiger charge is 2.18. The molecule has 7 aromatic rings. The second kappa shape index (κ2) is 14.4. The van der Waals surface area contributed by atoms with Gasteiger partial charge in [-0.1, -0.05) is 43.0 Å². The normalized spacial score (nSPS) is 11.0. The predicted molar refractivity (Wildman–Crippen MR) is 188 cm³/mol. The number of hydrogen-bond donors (Lipinski definition) is 2. The first-order valence-corrected chi connectivity index (χ1v) is 17.0. The van der Waals surface area contributed by atoms with Gasteiger partial charge in [-0.15, -0.1) is 26.6 Å². The maximum absolute atomic E-state index is 13.0. The summed E-state index contributed by atoms with van der Waals surface area (Å²) in [6, 6.07) is 26.3. The number of tetrazole rings is 1. The van der Waals surface area contributed by atoms with E-state index in [9.17, 15) is 9.59 Å². The molecular formula is C34H27N11O2S2. The molecule has 4 aromatic heterocycles. The number of carbonyl (C=O) groups excluding carboxylic acids is 2.